The Morgan fingerprint density at radius 3 is 2.55 bits per heavy atom. The second-order valence-corrected chi connectivity index (χ2v) is 6.95. The molecular weight excluding hydrogens is 272 g/mol. The summed E-state index contributed by atoms with van der Waals surface area (Å²) in [5, 5.41) is 8.55. The van der Waals surface area contributed by atoms with Crippen LogP contribution in [0, 0.1) is 6.92 Å². The van der Waals surface area contributed by atoms with Gasteiger partial charge in [-0.3, -0.25) is 0 Å². The molecule has 0 saturated heterocycles. The molecule has 0 heterocycles. The van der Waals surface area contributed by atoms with Crippen molar-refractivity contribution < 1.29 is 8.42 Å². The van der Waals surface area contributed by atoms with Crippen LogP contribution in [0.4, 0.5) is 5.69 Å². The maximum Gasteiger partial charge on any atom is 0.238 e. The van der Waals surface area contributed by atoms with Crippen molar-refractivity contribution in [2.24, 2.45) is 5.14 Å². The van der Waals surface area contributed by atoms with Crippen LogP contribution in [0.15, 0.2) is 23.1 Å². The van der Waals surface area contributed by atoms with Crippen LogP contribution in [0.5, 0.6) is 0 Å². The monoisotopic (exact) mass is 298 g/mol. The topological polar surface area (TPSA) is 72.2 Å². The van der Waals surface area contributed by atoms with E-state index < -0.39 is 10.0 Å². The molecule has 0 fully saturated rings. The van der Waals surface area contributed by atoms with E-state index in [9.17, 15) is 8.42 Å². The Morgan fingerprint density at radius 1 is 1.25 bits per heavy atom. The van der Waals surface area contributed by atoms with Gasteiger partial charge in [-0.2, -0.15) is 0 Å². The van der Waals surface area contributed by atoms with Crippen molar-refractivity contribution >= 4 is 15.7 Å². The van der Waals surface area contributed by atoms with Gasteiger partial charge in [0.1, 0.15) is 0 Å². The summed E-state index contributed by atoms with van der Waals surface area (Å²) in [5.74, 6) is 0. The fourth-order valence-corrected chi connectivity index (χ4v) is 3.04. The minimum absolute atomic E-state index is 0.195. The summed E-state index contributed by atoms with van der Waals surface area (Å²) in [4.78, 5) is 0.195. The maximum absolute atomic E-state index is 11.5. The first-order valence-electron chi connectivity index (χ1n) is 7.24. The smallest absolute Gasteiger partial charge is 0.238 e. The number of nitrogens with two attached hydrogens (primary N) is 1. The molecular formula is C15H26N2O2S. The van der Waals surface area contributed by atoms with Crippen LogP contribution < -0.4 is 10.5 Å². The van der Waals surface area contributed by atoms with Crippen LogP contribution >= 0.6 is 0 Å². The summed E-state index contributed by atoms with van der Waals surface area (Å²) in [6, 6.07) is 5.62. The number of rotatable bonds is 8. The Morgan fingerprint density at radius 2 is 1.95 bits per heavy atom. The number of nitrogens with one attached hydrogen (secondary N) is 1. The minimum Gasteiger partial charge on any atom is -0.383 e. The van der Waals surface area contributed by atoms with Gasteiger partial charge >= 0.3 is 0 Å². The van der Waals surface area contributed by atoms with Crippen molar-refractivity contribution in [3.63, 3.8) is 0 Å². The van der Waals surface area contributed by atoms with Gasteiger partial charge in [-0.25, -0.2) is 13.6 Å². The van der Waals surface area contributed by atoms with Crippen molar-refractivity contribution in [2.45, 2.75) is 63.8 Å². The molecule has 1 rings (SSSR count). The number of benzene rings is 1. The van der Waals surface area contributed by atoms with Gasteiger partial charge in [0.05, 0.1) is 4.90 Å². The molecule has 0 aromatic heterocycles. The van der Waals surface area contributed by atoms with Gasteiger partial charge in [0.15, 0.2) is 0 Å². The number of hydrogen-bond donors (Lipinski definition) is 2. The zero-order valence-electron chi connectivity index (χ0n) is 12.6. The van der Waals surface area contributed by atoms with Crippen molar-refractivity contribution in [3.8, 4) is 0 Å². The highest BCUT2D eigenvalue weighted by atomic mass is 32.2. The van der Waals surface area contributed by atoms with E-state index in [4.69, 9.17) is 5.14 Å². The molecule has 5 heteroatoms. The van der Waals surface area contributed by atoms with Crippen molar-refractivity contribution in [1.29, 1.82) is 0 Å². The normalized spacial score (nSPS) is 13.2. The molecule has 3 N–H and O–H groups in total. The fourth-order valence-electron chi connectivity index (χ4n) is 2.23. The molecule has 0 bridgehead atoms. The Bertz CT molecular complexity index is 527. The molecule has 0 aliphatic rings. The predicted molar refractivity (Wildman–Crippen MR) is 84.4 cm³/mol. The first kappa shape index (κ1) is 17.0. The molecule has 1 atom stereocenters. The number of hydrogen-bond acceptors (Lipinski definition) is 3. The van der Waals surface area contributed by atoms with Gasteiger partial charge < -0.3 is 5.32 Å². The van der Waals surface area contributed by atoms with Gasteiger partial charge in [-0.05, 0) is 38.0 Å². The summed E-state index contributed by atoms with van der Waals surface area (Å²) in [5.41, 5.74) is 1.48. The van der Waals surface area contributed by atoms with E-state index in [-0.39, 0.29) is 4.90 Å². The highest BCUT2D eigenvalue weighted by Crippen LogP contribution is 2.20. The van der Waals surface area contributed by atoms with Crippen LogP contribution in [0.1, 0.15) is 51.5 Å². The van der Waals surface area contributed by atoms with Gasteiger partial charge in [0.2, 0.25) is 10.0 Å². The largest absolute Gasteiger partial charge is 0.383 e. The van der Waals surface area contributed by atoms with Crippen LogP contribution in [0.3, 0.4) is 0 Å². The third-order valence-corrected chi connectivity index (χ3v) is 4.45. The average Bonchev–Trinajstić information content (AvgIpc) is 2.36. The summed E-state index contributed by atoms with van der Waals surface area (Å²) in [7, 11) is -3.66. The zero-order valence-corrected chi connectivity index (χ0v) is 13.5. The SMILES string of the molecule is CCCCCCC(C)Nc1ccc(C)c(S(N)(=O)=O)c1. The minimum atomic E-state index is -3.66. The van der Waals surface area contributed by atoms with E-state index >= 15 is 0 Å². The number of unbranched alkanes of at least 4 members (excludes halogenated alkanes) is 3. The maximum atomic E-state index is 11.5. The lowest BCUT2D eigenvalue weighted by Gasteiger charge is -2.16. The van der Waals surface area contributed by atoms with Crippen molar-refractivity contribution in [3.05, 3.63) is 23.8 Å². The standard InChI is InChI=1S/C15H26N2O2S/c1-4-5-6-7-8-13(3)17-14-10-9-12(2)15(11-14)20(16,18)19/h9-11,13,17H,4-8H2,1-3H3,(H2,16,18,19). The van der Waals surface area contributed by atoms with Gasteiger partial charge in [0, 0.05) is 11.7 Å². The number of anilines is 1. The molecule has 114 valence electrons. The predicted octanol–water partition coefficient (Wildman–Crippen LogP) is 3.41. The van der Waals surface area contributed by atoms with Crippen molar-refractivity contribution in [2.75, 3.05) is 5.32 Å². The van der Waals surface area contributed by atoms with Gasteiger partial charge in [-0.15, -0.1) is 0 Å². The molecule has 4 nitrogen and oxygen atoms in total. The lowest BCUT2D eigenvalue weighted by atomic mass is 10.1. The quantitative estimate of drug-likeness (QED) is 0.722. The Balaban J connectivity index is 2.64. The fraction of sp³-hybridized carbons (Fsp3) is 0.600. The summed E-state index contributed by atoms with van der Waals surface area (Å²) in [6.07, 6.45) is 6.03. The molecule has 0 spiro atoms. The molecule has 20 heavy (non-hydrogen) atoms. The van der Waals surface area contributed by atoms with Crippen LogP contribution in [0.2, 0.25) is 0 Å². The number of sulfonamides is 1. The Kier molecular flexibility index (Phi) is 6.49. The Labute approximate surface area is 122 Å². The van der Waals surface area contributed by atoms with E-state index in [0.29, 0.717) is 11.6 Å². The molecule has 0 aliphatic heterocycles. The van der Waals surface area contributed by atoms with Crippen LogP contribution in [-0.4, -0.2) is 14.5 Å². The molecule has 1 unspecified atom stereocenters. The molecule has 1 aromatic carbocycles. The van der Waals surface area contributed by atoms with Crippen LogP contribution in [-0.2, 0) is 10.0 Å². The summed E-state index contributed by atoms with van der Waals surface area (Å²) >= 11 is 0. The Hall–Kier alpha value is -1.07. The third-order valence-electron chi connectivity index (χ3n) is 3.40. The average molecular weight is 298 g/mol. The zero-order chi connectivity index (χ0) is 15.2. The third kappa shape index (κ3) is 5.51. The second kappa shape index (κ2) is 7.64. The summed E-state index contributed by atoms with van der Waals surface area (Å²) in [6.45, 7) is 6.06. The summed E-state index contributed by atoms with van der Waals surface area (Å²) < 4.78 is 23.0. The highest BCUT2D eigenvalue weighted by molar-refractivity contribution is 7.89. The molecule has 0 amide bonds. The van der Waals surface area contributed by atoms with Gasteiger partial charge in [0.25, 0.3) is 0 Å². The van der Waals surface area contributed by atoms with E-state index in [0.717, 1.165) is 12.1 Å². The molecule has 1 aromatic rings. The lowest BCUT2D eigenvalue weighted by Crippen LogP contribution is -2.17. The van der Waals surface area contributed by atoms with E-state index in [1.165, 1.54) is 25.7 Å². The highest BCUT2D eigenvalue weighted by Gasteiger charge is 2.12. The molecule has 0 aliphatic carbocycles. The lowest BCUT2D eigenvalue weighted by molar-refractivity contribution is 0.593. The van der Waals surface area contributed by atoms with Gasteiger partial charge in [-0.1, -0.05) is 38.7 Å². The number of aryl methyl sites for hydroxylation is 1. The molecule has 0 saturated carbocycles. The van der Waals surface area contributed by atoms with Crippen LogP contribution in [0.25, 0.3) is 0 Å². The van der Waals surface area contributed by atoms with E-state index in [2.05, 4.69) is 19.2 Å². The first-order chi connectivity index (χ1) is 9.34. The van der Waals surface area contributed by atoms with E-state index in [1.807, 2.05) is 6.07 Å². The first-order valence-corrected chi connectivity index (χ1v) is 8.79. The van der Waals surface area contributed by atoms with Crippen molar-refractivity contribution in [1.82, 2.24) is 0 Å². The second-order valence-electron chi connectivity index (χ2n) is 5.42. The van der Waals surface area contributed by atoms with E-state index in [1.54, 1.807) is 19.1 Å². The number of primary sulfonamides is 1. The molecule has 0 radical (unpaired) electrons.